The summed E-state index contributed by atoms with van der Waals surface area (Å²) in [5, 5.41) is 10.8. The molecular formula is C10H15NO4. The molecule has 5 nitrogen and oxygen atoms in total. The lowest BCUT2D eigenvalue weighted by atomic mass is 9.81. The molecule has 1 fully saturated rings. The zero-order valence-electron chi connectivity index (χ0n) is 8.99. The molecule has 0 saturated heterocycles. The van der Waals surface area contributed by atoms with Crippen molar-refractivity contribution >= 4 is 5.97 Å². The molecule has 15 heavy (non-hydrogen) atoms. The first-order valence-corrected chi connectivity index (χ1v) is 4.90. The SMILES string of the molecule is COC(=O)C=C1CCC(C)([N+](=O)[O-])CC1. The van der Waals surface area contributed by atoms with Gasteiger partial charge in [0.25, 0.3) is 0 Å². The summed E-state index contributed by atoms with van der Waals surface area (Å²) in [5.74, 6) is -0.380. The maximum atomic E-state index is 10.9. The molecule has 0 spiro atoms. The Morgan fingerprint density at radius 1 is 1.53 bits per heavy atom. The van der Waals surface area contributed by atoms with Crippen molar-refractivity contribution in [1.29, 1.82) is 0 Å². The van der Waals surface area contributed by atoms with E-state index in [-0.39, 0.29) is 10.9 Å². The molecule has 0 aromatic heterocycles. The number of ether oxygens (including phenoxy) is 1. The molecule has 0 unspecified atom stereocenters. The van der Waals surface area contributed by atoms with Crippen molar-refractivity contribution in [2.75, 3.05) is 7.11 Å². The summed E-state index contributed by atoms with van der Waals surface area (Å²) >= 11 is 0. The Morgan fingerprint density at radius 2 is 2.07 bits per heavy atom. The first-order valence-electron chi connectivity index (χ1n) is 4.90. The Balaban J connectivity index is 2.60. The van der Waals surface area contributed by atoms with E-state index in [0.717, 1.165) is 5.57 Å². The third-order valence-electron chi connectivity index (χ3n) is 2.93. The van der Waals surface area contributed by atoms with Gasteiger partial charge in [0.2, 0.25) is 5.54 Å². The van der Waals surface area contributed by atoms with Crippen molar-refractivity contribution in [3.8, 4) is 0 Å². The Morgan fingerprint density at radius 3 is 2.47 bits per heavy atom. The van der Waals surface area contributed by atoms with Crippen LogP contribution in [-0.2, 0) is 9.53 Å². The molecule has 1 saturated carbocycles. The molecule has 0 aromatic carbocycles. The van der Waals surface area contributed by atoms with Gasteiger partial charge in [-0.15, -0.1) is 0 Å². The average Bonchev–Trinajstić information content (AvgIpc) is 2.21. The summed E-state index contributed by atoms with van der Waals surface area (Å²) in [6.07, 6.45) is 3.63. The molecule has 0 heterocycles. The zero-order chi connectivity index (χ0) is 11.5. The molecule has 0 amide bonds. The third-order valence-corrected chi connectivity index (χ3v) is 2.93. The fraction of sp³-hybridized carbons (Fsp3) is 0.700. The molecule has 0 aromatic rings. The number of carbonyl (C=O) groups is 1. The number of allylic oxidation sites excluding steroid dienone is 1. The first kappa shape index (κ1) is 11.7. The summed E-state index contributed by atoms with van der Waals surface area (Å²) in [7, 11) is 1.32. The lowest BCUT2D eigenvalue weighted by Crippen LogP contribution is -2.37. The van der Waals surface area contributed by atoms with Crippen LogP contribution in [0.25, 0.3) is 0 Å². The fourth-order valence-electron chi connectivity index (χ4n) is 1.66. The van der Waals surface area contributed by atoms with Gasteiger partial charge in [0.1, 0.15) is 0 Å². The van der Waals surface area contributed by atoms with Crippen LogP contribution in [0.3, 0.4) is 0 Å². The van der Waals surface area contributed by atoms with Crippen LogP contribution >= 0.6 is 0 Å². The molecule has 1 rings (SSSR count). The molecule has 0 N–H and O–H groups in total. The van der Waals surface area contributed by atoms with Crippen LogP contribution in [0, 0.1) is 10.1 Å². The first-order chi connectivity index (χ1) is 6.98. The number of nitrogens with zero attached hydrogens (tertiary/aromatic N) is 1. The quantitative estimate of drug-likeness (QED) is 0.303. The normalized spacial score (nSPS) is 25.9. The summed E-state index contributed by atoms with van der Waals surface area (Å²) in [6.45, 7) is 1.65. The van der Waals surface area contributed by atoms with Crippen LogP contribution in [0.15, 0.2) is 11.6 Å². The van der Waals surface area contributed by atoms with Crippen LogP contribution in [0.1, 0.15) is 32.6 Å². The van der Waals surface area contributed by atoms with E-state index in [1.54, 1.807) is 6.92 Å². The number of esters is 1. The second kappa shape index (κ2) is 4.42. The van der Waals surface area contributed by atoms with E-state index in [1.165, 1.54) is 13.2 Å². The average molecular weight is 213 g/mol. The second-order valence-electron chi connectivity index (χ2n) is 4.08. The van der Waals surface area contributed by atoms with Gasteiger partial charge in [0.05, 0.1) is 7.11 Å². The lowest BCUT2D eigenvalue weighted by molar-refractivity contribution is -0.568. The molecule has 84 valence electrons. The minimum absolute atomic E-state index is 0.220. The minimum Gasteiger partial charge on any atom is -0.466 e. The molecule has 0 aliphatic heterocycles. The smallest absolute Gasteiger partial charge is 0.330 e. The zero-order valence-corrected chi connectivity index (χ0v) is 8.99. The maximum absolute atomic E-state index is 10.9. The van der Waals surface area contributed by atoms with E-state index in [0.29, 0.717) is 25.7 Å². The molecule has 5 heteroatoms. The number of carbonyl (C=O) groups excluding carboxylic acids is 1. The number of hydrogen-bond donors (Lipinski definition) is 0. The maximum Gasteiger partial charge on any atom is 0.330 e. The van der Waals surface area contributed by atoms with E-state index in [9.17, 15) is 14.9 Å². The van der Waals surface area contributed by atoms with Crippen molar-refractivity contribution < 1.29 is 14.5 Å². The van der Waals surface area contributed by atoms with Crippen LogP contribution in [0.4, 0.5) is 0 Å². The highest BCUT2D eigenvalue weighted by Crippen LogP contribution is 2.33. The van der Waals surface area contributed by atoms with E-state index >= 15 is 0 Å². The van der Waals surface area contributed by atoms with Crippen LogP contribution in [0.2, 0.25) is 0 Å². The third kappa shape index (κ3) is 2.78. The highest BCUT2D eigenvalue weighted by atomic mass is 16.6. The Bertz CT molecular complexity index is 299. The van der Waals surface area contributed by atoms with Gasteiger partial charge in [-0.2, -0.15) is 0 Å². The predicted octanol–water partition coefficient (Wildman–Crippen LogP) is 1.70. The van der Waals surface area contributed by atoms with Gasteiger partial charge < -0.3 is 4.74 Å². The molecule has 1 aliphatic carbocycles. The lowest BCUT2D eigenvalue weighted by Gasteiger charge is -2.26. The van der Waals surface area contributed by atoms with Crippen LogP contribution < -0.4 is 0 Å². The minimum atomic E-state index is -0.826. The Hall–Kier alpha value is -1.39. The van der Waals surface area contributed by atoms with E-state index in [2.05, 4.69) is 4.74 Å². The monoisotopic (exact) mass is 213 g/mol. The molecule has 0 bridgehead atoms. The highest BCUT2D eigenvalue weighted by molar-refractivity contribution is 5.82. The van der Waals surface area contributed by atoms with Crippen molar-refractivity contribution in [3.05, 3.63) is 21.8 Å². The number of methoxy groups -OCH3 is 1. The largest absolute Gasteiger partial charge is 0.466 e. The molecule has 1 aliphatic rings. The van der Waals surface area contributed by atoms with Crippen LogP contribution in [-0.4, -0.2) is 23.5 Å². The van der Waals surface area contributed by atoms with Gasteiger partial charge >= 0.3 is 5.97 Å². The van der Waals surface area contributed by atoms with Crippen molar-refractivity contribution in [2.45, 2.75) is 38.1 Å². The van der Waals surface area contributed by atoms with Gasteiger partial charge in [0, 0.05) is 30.8 Å². The standard InChI is InChI=1S/C10H15NO4/c1-10(11(13)14)5-3-8(4-6-10)7-9(12)15-2/h7H,3-6H2,1-2H3. The van der Waals surface area contributed by atoms with Crippen molar-refractivity contribution in [3.63, 3.8) is 0 Å². The van der Waals surface area contributed by atoms with Crippen molar-refractivity contribution in [1.82, 2.24) is 0 Å². The summed E-state index contributed by atoms with van der Waals surface area (Å²) in [5.41, 5.74) is 0.120. The molecular weight excluding hydrogens is 198 g/mol. The second-order valence-corrected chi connectivity index (χ2v) is 4.08. The van der Waals surface area contributed by atoms with Gasteiger partial charge in [-0.1, -0.05) is 5.57 Å². The van der Waals surface area contributed by atoms with Crippen molar-refractivity contribution in [2.24, 2.45) is 0 Å². The summed E-state index contributed by atoms with van der Waals surface area (Å²) < 4.78 is 4.50. The Labute approximate surface area is 88.3 Å². The van der Waals surface area contributed by atoms with Crippen LogP contribution in [0.5, 0.6) is 0 Å². The Kier molecular flexibility index (Phi) is 3.44. The van der Waals surface area contributed by atoms with E-state index in [1.807, 2.05) is 0 Å². The fourth-order valence-corrected chi connectivity index (χ4v) is 1.66. The number of nitro groups is 1. The van der Waals surface area contributed by atoms with Gasteiger partial charge in [-0.3, -0.25) is 10.1 Å². The van der Waals surface area contributed by atoms with Gasteiger partial charge in [0.15, 0.2) is 0 Å². The number of rotatable bonds is 2. The summed E-state index contributed by atoms with van der Waals surface area (Å²) in [4.78, 5) is 21.5. The van der Waals surface area contributed by atoms with E-state index in [4.69, 9.17) is 0 Å². The van der Waals surface area contributed by atoms with Gasteiger partial charge in [-0.25, -0.2) is 4.79 Å². The predicted molar refractivity (Wildman–Crippen MR) is 54.0 cm³/mol. The van der Waals surface area contributed by atoms with E-state index < -0.39 is 5.54 Å². The van der Waals surface area contributed by atoms with Gasteiger partial charge in [-0.05, 0) is 12.8 Å². The summed E-state index contributed by atoms with van der Waals surface area (Å²) in [6, 6.07) is 0. The topological polar surface area (TPSA) is 69.4 Å². The highest BCUT2D eigenvalue weighted by Gasteiger charge is 2.39. The number of hydrogen-bond acceptors (Lipinski definition) is 4. The molecule has 0 radical (unpaired) electrons. The molecule has 0 atom stereocenters.